The highest BCUT2D eigenvalue weighted by Crippen LogP contribution is 2.34. The minimum absolute atomic E-state index is 0.157. The number of hydrogen-bond acceptors (Lipinski definition) is 7. The molecule has 0 spiro atoms. The van der Waals surface area contributed by atoms with Crippen molar-refractivity contribution < 1.29 is 14.6 Å². The highest BCUT2D eigenvalue weighted by molar-refractivity contribution is 5.84. The van der Waals surface area contributed by atoms with Crippen molar-refractivity contribution in [3.05, 3.63) is 41.6 Å². The van der Waals surface area contributed by atoms with Crippen molar-refractivity contribution in [1.29, 1.82) is 0 Å². The second-order valence-corrected chi connectivity index (χ2v) is 10.2. The highest BCUT2D eigenvalue weighted by Gasteiger charge is 2.44. The van der Waals surface area contributed by atoms with Crippen LogP contribution in [-0.4, -0.2) is 73.9 Å². The summed E-state index contributed by atoms with van der Waals surface area (Å²) in [5.74, 6) is 0.0141. The molecule has 1 saturated heterocycles. The number of phenols is 1. The van der Waals surface area contributed by atoms with Gasteiger partial charge in [-0.15, -0.1) is 0 Å². The van der Waals surface area contributed by atoms with Crippen molar-refractivity contribution in [3.63, 3.8) is 0 Å². The van der Waals surface area contributed by atoms with E-state index in [1.165, 1.54) is 7.11 Å². The molecule has 1 aromatic carbocycles. The van der Waals surface area contributed by atoms with Crippen molar-refractivity contribution in [2.24, 2.45) is 0 Å². The van der Waals surface area contributed by atoms with Crippen LogP contribution in [0.4, 0.5) is 0 Å². The first-order valence-corrected chi connectivity index (χ1v) is 11.2. The van der Waals surface area contributed by atoms with Crippen LogP contribution in [0.2, 0.25) is 0 Å². The van der Waals surface area contributed by atoms with Gasteiger partial charge in [-0.1, -0.05) is 0 Å². The van der Waals surface area contributed by atoms with E-state index in [0.717, 1.165) is 47.5 Å². The molecule has 1 aliphatic heterocycles. The molecule has 1 fully saturated rings. The van der Waals surface area contributed by atoms with E-state index >= 15 is 0 Å². The first-order chi connectivity index (χ1) is 15.5. The van der Waals surface area contributed by atoms with Crippen LogP contribution in [0, 0.1) is 6.92 Å². The number of phenolic OH excluding ortho intramolecular Hbond substituents is 1. The van der Waals surface area contributed by atoms with Crippen LogP contribution in [0.25, 0.3) is 22.3 Å². The Labute approximate surface area is 194 Å². The number of pyridine rings is 1. The number of carbonyl (C=O) groups excluding carboxylic acids is 1. The van der Waals surface area contributed by atoms with Gasteiger partial charge in [0.05, 0.1) is 19.3 Å². The molecule has 0 unspecified atom stereocenters. The topological polar surface area (TPSA) is 94.6 Å². The number of nitrogens with zero attached hydrogens (tertiary/aromatic N) is 4. The molecule has 8 heteroatoms. The van der Waals surface area contributed by atoms with Gasteiger partial charge in [0.2, 0.25) is 0 Å². The summed E-state index contributed by atoms with van der Waals surface area (Å²) in [6, 6.07) is 9.20. The number of carbonyl (C=O) groups is 1. The second kappa shape index (κ2) is 8.43. The van der Waals surface area contributed by atoms with Gasteiger partial charge in [-0.2, -0.15) is 5.10 Å². The number of hydrogen-bond donors (Lipinski definition) is 2. The number of nitrogens with one attached hydrogen (secondary N) is 1. The summed E-state index contributed by atoms with van der Waals surface area (Å²) >= 11 is 0. The second-order valence-electron chi connectivity index (χ2n) is 10.2. The van der Waals surface area contributed by atoms with Gasteiger partial charge < -0.3 is 9.84 Å². The maximum absolute atomic E-state index is 12.0. The van der Waals surface area contributed by atoms with Crippen molar-refractivity contribution in [3.8, 4) is 17.0 Å². The van der Waals surface area contributed by atoms with Gasteiger partial charge in [-0.25, -0.2) is 4.98 Å². The molecular formula is C25H33N5O3. The lowest BCUT2D eigenvalue weighted by atomic mass is 9.88. The Balaban J connectivity index is 1.70. The number of H-pyrrole nitrogens is 1. The van der Waals surface area contributed by atoms with Crippen molar-refractivity contribution in [1.82, 2.24) is 25.0 Å². The molecule has 0 amide bonds. The Bertz CT molecular complexity index is 1170. The molecule has 176 valence electrons. The molecule has 4 rings (SSSR count). The Morgan fingerprint density at radius 1 is 1.12 bits per heavy atom. The summed E-state index contributed by atoms with van der Waals surface area (Å²) in [6.45, 7) is 13.4. The van der Waals surface area contributed by atoms with Crippen molar-refractivity contribution in [2.75, 3.05) is 26.7 Å². The fraction of sp³-hybridized carbons (Fsp3) is 0.480. The molecule has 0 saturated carbocycles. The normalized spacial score (nSPS) is 18.5. The zero-order valence-electron chi connectivity index (χ0n) is 20.3. The van der Waals surface area contributed by atoms with E-state index in [4.69, 9.17) is 9.72 Å². The van der Waals surface area contributed by atoms with Crippen LogP contribution in [0.1, 0.15) is 39.0 Å². The summed E-state index contributed by atoms with van der Waals surface area (Å²) in [7, 11) is 1.43. The minimum Gasteiger partial charge on any atom is -0.508 e. The quantitative estimate of drug-likeness (QED) is 0.574. The summed E-state index contributed by atoms with van der Waals surface area (Å²) in [5.41, 5.74) is 4.24. The Hall–Kier alpha value is -2.97. The first kappa shape index (κ1) is 23.2. The largest absolute Gasteiger partial charge is 0.508 e. The molecule has 0 atom stereocenters. The number of ether oxygens (including phenoxy) is 1. The fourth-order valence-corrected chi connectivity index (χ4v) is 4.70. The molecular weight excluding hydrogens is 418 g/mol. The monoisotopic (exact) mass is 451 g/mol. The third kappa shape index (κ3) is 4.58. The number of piperazine rings is 1. The van der Waals surface area contributed by atoms with Gasteiger partial charge in [-0.3, -0.25) is 19.7 Å². The molecule has 0 radical (unpaired) electrons. The molecule has 1 aliphatic rings. The van der Waals surface area contributed by atoms with Crippen LogP contribution < -0.4 is 0 Å². The number of benzene rings is 1. The van der Waals surface area contributed by atoms with Crippen LogP contribution in [0.5, 0.6) is 5.75 Å². The molecule has 33 heavy (non-hydrogen) atoms. The van der Waals surface area contributed by atoms with E-state index in [1.807, 2.05) is 19.1 Å². The summed E-state index contributed by atoms with van der Waals surface area (Å²) in [6.07, 6.45) is 0. The Morgan fingerprint density at radius 2 is 1.76 bits per heavy atom. The molecule has 2 aromatic heterocycles. The highest BCUT2D eigenvalue weighted by atomic mass is 16.5. The standard InChI is InChI=1S/C25H33N5O3/c1-16-22-18(11-20(26-23(22)28-27-16)17-7-9-19(31)10-8-17)12-29-14-25(4,5)30(13-21(32)33-6)15-24(29,2)3/h7-11,31H,12-15H2,1-6H3,(H,26,27,28). The van der Waals surface area contributed by atoms with Gasteiger partial charge in [0.25, 0.3) is 0 Å². The zero-order chi connectivity index (χ0) is 24.0. The number of rotatable bonds is 5. The van der Waals surface area contributed by atoms with Crippen LogP contribution in [0.3, 0.4) is 0 Å². The van der Waals surface area contributed by atoms with E-state index in [1.54, 1.807) is 12.1 Å². The maximum atomic E-state index is 12.0. The van der Waals surface area contributed by atoms with Gasteiger partial charge in [0, 0.05) is 47.4 Å². The average molecular weight is 452 g/mol. The van der Waals surface area contributed by atoms with Crippen molar-refractivity contribution in [2.45, 2.75) is 52.2 Å². The zero-order valence-corrected chi connectivity index (χ0v) is 20.3. The third-order valence-electron chi connectivity index (χ3n) is 6.73. The summed E-state index contributed by atoms with van der Waals surface area (Å²) < 4.78 is 4.92. The predicted octanol–water partition coefficient (Wildman–Crippen LogP) is 3.49. The maximum Gasteiger partial charge on any atom is 0.319 e. The molecule has 2 N–H and O–H groups in total. The van der Waals surface area contributed by atoms with Crippen molar-refractivity contribution >= 4 is 17.0 Å². The molecule has 0 aliphatic carbocycles. The summed E-state index contributed by atoms with van der Waals surface area (Å²) in [4.78, 5) is 21.4. The number of fused-ring (bicyclic) bond motifs is 1. The Morgan fingerprint density at radius 3 is 2.42 bits per heavy atom. The van der Waals surface area contributed by atoms with E-state index in [0.29, 0.717) is 5.65 Å². The van der Waals surface area contributed by atoms with Crippen LogP contribution in [-0.2, 0) is 16.1 Å². The van der Waals surface area contributed by atoms with E-state index < -0.39 is 0 Å². The lowest BCUT2D eigenvalue weighted by Gasteiger charge is -2.55. The molecule has 8 nitrogen and oxygen atoms in total. The minimum atomic E-state index is -0.212. The van der Waals surface area contributed by atoms with Gasteiger partial charge in [0.15, 0.2) is 5.65 Å². The van der Waals surface area contributed by atoms with E-state index in [9.17, 15) is 9.90 Å². The predicted molar refractivity (Wildman–Crippen MR) is 128 cm³/mol. The lowest BCUT2D eigenvalue weighted by Crippen LogP contribution is -2.67. The summed E-state index contributed by atoms with van der Waals surface area (Å²) in [5, 5.41) is 18.2. The molecule has 0 bridgehead atoms. The van der Waals surface area contributed by atoms with Crippen LogP contribution in [0.15, 0.2) is 30.3 Å². The Kier molecular flexibility index (Phi) is 5.92. The molecule has 3 heterocycles. The third-order valence-corrected chi connectivity index (χ3v) is 6.73. The van der Waals surface area contributed by atoms with Crippen LogP contribution >= 0.6 is 0 Å². The fourth-order valence-electron chi connectivity index (χ4n) is 4.70. The number of esters is 1. The number of aromatic amines is 1. The van der Waals surface area contributed by atoms with Gasteiger partial charge in [-0.05, 0) is 70.5 Å². The van der Waals surface area contributed by atoms with E-state index in [2.05, 4.69) is 53.8 Å². The average Bonchev–Trinajstić information content (AvgIpc) is 3.13. The van der Waals surface area contributed by atoms with Gasteiger partial charge in [0.1, 0.15) is 5.75 Å². The lowest BCUT2D eigenvalue weighted by molar-refractivity contribution is -0.147. The molecule has 3 aromatic rings. The number of methoxy groups -OCH3 is 1. The van der Waals surface area contributed by atoms with Gasteiger partial charge >= 0.3 is 5.97 Å². The number of aromatic nitrogens is 3. The first-order valence-electron chi connectivity index (χ1n) is 11.2. The van der Waals surface area contributed by atoms with E-state index in [-0.39, 0.29) is 29.3 Å². The SMILES string of the molecule is COC(=O)CN1CC(C)(C)N(Cc2cc(-c3ccc(O)cc3)nc3n[nH]c(C)c23)CC1(C)C. The smallest absolute Gasteiger partial charge is 0.319 e. The number of aromatic hydroxyl groups is 1. The number of aryl methyl sites for hydroxylation is 1.